The van der Waals surface area contributed by atoms with Crippen molar-refractivity contribution in [1.82, 2.24) is 15.1 Å². The van der Waals surface area contributed by atoms with Crippen LogP contribution in [0.15, 0.2) is 12.4 Å². The van der Waals surface area contributed by atoms with Crippen LogP contribution in [0.3, 0.4) is 0 Å². The molecule has 1 aliphatic carbocycles. The summed E-state index contributed by atoms with van der Waals surface area (Å²) in [7, 11) is 1.79. The van der Waals surface area contributed by atoms with Gasteiger partial charge in [-0.2, -0.15) is 5.10 Å². The van der Waals surface area contributed by atoms with E-state index in [0.29, 0.717) is 0 Å². The van der Waals surface area contributed by atoms with Gasteiger partial charge in [0.15, 0.2) is 0 Å². The first kappa shape index (κ1) is 11.8. The molecule has 1 aromatic heterocycles. The predicted molar refractivity (Wildman–Crippen MR) is 68.8 cm³/mol. The molecule has 0 radical (unpaired) electrons. The number of carbonyl (C=O) groups excluding carboxylic acids is 1. The Kier molecular flexibility index (Phi) is 3.20. The van der Waals surface area contributed by atoms with Crippen molar-refractivity contribution in [3.05, 3.63) is 16.0 Å². The maximum Gasteiger partial charge on any atom is 0.237 e. The number of nitrogens with zero attached hydrogens (tertiary/aromatic N) is 2. The van der Waals surface area contributed by atoms with Gasteiger partial charge in [-0.05, 0) is 48.9 Å². The number of primary amides is 1. The van der Waals surface area contributed by atoms with E-state index in [4.69, 9.17) is 5.73 Å². The molecular weight excluding hydrogens is 319 g/mol. The van der Waals surface area contributed by atoms with Gasteiger partial charge in [-0.15, -0.1) is 0 Å². The number of hydrogen-bond donors (Lipinski definition) is 2. The van der Waals surface area contributed by atoms with Crippen LogP contribution in [0.2, 0.25) is 0 Å². The maximum absolute atomic E-state index is 11.5. The molecule has 1 fully saturated rings. The fourth-order valence-corrected chi connectivity index (χ4v) is 2.74. The van der Waals surface area contributed by atoms with Gasteiger partial charge in [0.2, 0.25) is 5.91 Å². The lowest BCUT2D eigenvalue weighted by molar-refractivity contribution is -0.124. The van der Waals surface area contributed by atoms with Crippen LogP contribution in [0.25, 0.3) is 0 Å². The van der Waals surface area contributed by atoms with Gasteiger partial charge in [0.25, 0.3) is 0 Å². The average molecular weight is 334 g/mol. The van der Waals surface area contributed by atoms with Gasteiger partial charge in [-0.3, -0.25) is 9.48 Å². The van der Waals surface area contributed by atoms with E-state index in [1.54, 1.807) is 7.05 Å². The Bertz CT molecular complexity index is 405. The number of nitrogens with one attached hydrogen (secondary N) is 1. The lowest BCUT2D eigenvalue weighted by Gasteiger charge is -2.24. The molecule has 16 heavy (non-hydrogen) atoms. The summed E-state index contributed by atoms with van der Waals surface area (Å²) in [6.45, 7) is 0. The Morgan fingerprint density at radius 3 is 3.00 bits per heavy atom. The third kappa shape index (κ3) is 1.95. The van der Waals surface area contributed by atoms with Crippen molar-refractivity contribution in [2.45, 2.75) is 30.8 Å². The lowest BCUT2D eigenvalue weighted by atomic mass is 9.97. The summed E-state index contributed by atoms with van der Waals surface area (Å²) in [5, 5.41) is 7.35. The zero-order valence-electron chi connectivity index (χ0n) is 9.11. The molecule has 1 saturated carbocycles. The highest BCUT2D eigenvalue weighted by atomic mass is 127. The first-order valence-corrected chi connectivity index (χ1v) is 6.34. The van der Waals surface area contributed by atoms with E-state index in [-0.39, 0.29) is 11.9 Å². The van der Waals surface area contributed by atoms with Gasteiger partial charge in [-0.25, -0.2) is 0 Å². The van der Waals surface area contributed by atoms with Gasteiger partial charge in [0.05, 0.1) is 21.3 Å². The first-order valence-electron chi connectivity index (χ1n) is 5.26. The fourth-order valence-electron chi connectivity index (χ4n) is 2.33. The molecule has 0 spiro atoms. The summed E-state index contributed by atoms with van der Waals surface area (Å²) < 4.78 is 3.04. The van der Waals surface area contributed by atoms with Crippen LogP contribution in [0, 0.1) is 3.57 Å². The molecule has 3 N–H and O–H groups in total. The van der Waals surface area contributed by atoms with E-state index in [2.05, 4.69) is 33.0 Å². The van der Waals surface area contributed by atoms with Crippen molar-refractivity contribution >= 4 is 28.5 Å². The molecule has 1 aliphatic rings. The third-order valence-corrected chi connectivity index (χ3v) is 3.94. The molecule has 88 valence electrons. The second kappa shape index (κ2) is 4.33. The van der Waals surface area contributed by atoms with Crippen LogP contribution in [-0.4, -0.2) is 28.3 Å². The van der Waals surface area contributed by atoms with Crippen LogP contribution < -0.4 is 11.1 Å². The highest BCUT2D eigenvalue weighted by molar-refractivity contribution is 14.1. The van der Waals surface area contributed by atoms with E-state index in [0.717, 1.165) is 22.8 Å². The minimum absolute atomic E-state index is 0.264. The average Bonchev–Trinajstić information content (AvgIpc) is 2.84. The molecule has 2 atom stereocenters. The Balaban J connectivity index is 2.16. The summed E-state index contributed by atoms with van der Waals surface area (Å²) in [4.78, 5) is 11.5. The van der Waals surface area contributed by atoms with Crippen LogP contribution >= 0.6 is 22.6 Å². The number of rotatable bonds is 3. The standard InChI is InChI=1S/C10H15IN4O/c1-13-10(9(12)16)3-2-8(4-10)15-6-7(11)5-14-15/h5-6,8,13H,2-4H2,1H3,(H2,12,16). The number of nitrogens with two attached hydrogens (primary N) is 1. The van der Waals surface area contributed by atoms with E-state index in [1.165, 1.54) is 0 Å². The van der Waals surface area contributed by atoms with Gasteiger partial charge in [-0.1, -0.05) is 0 Å². The van der Waals surface area contributed by atoms with Gasteiger partial charge in [0.1, 0.15) is 0 Å². The molecule has 2 unspecified atom stereocenters. The van der Waals surface area contributed by atoms with Crippen LogP contribution in [0.5, 0.6) is 0 Å². The molecular formula is C10H15IN4O. The minimum atomic E-state index is -0.554. The summed E-state index contributed by atoms with van der Waals surface area (Å²) in [6.07, 6.45) is 6.25. The zero-order valence-corrected chi connectivity index (χ0v) is 11.3. The first-order chi connectivity index (χ1) is 7.57. The van der Waals surface area contributed by atoms with E-state index in [1.807, 2.05) is 17.1 Å². The van der Waals surface area contributed by atoms with Crippen molar-refractivity contribution in [3.63, 3.8) is 0 Å². The van der Waals surface area contributed by atoms with Crippen molar-refractivity contribution in [2.24, 2.45) is 5.73 Å². The monoisotopic (exact) mass is 334 g/mol. The summed E-state index contributed by atoms with van der Waals surface area (Å²) >= 11 is 2.23. The molecule has 1 aromatic rings. The molecule has 0 aromatic carbocycles. The maximum atomic E-state index is 11.5. The summed E-state index contributed by atoms with van der Waals surface area (Å²) in [5.41, 5.74) is 4.90. The zero-order chi connectivity index (χ0) is 11.8. The molecule has 1 heterocycles. The Morgan fingerprint density at radius 2 is 2.56 bits per heavy atom. The number of likely N-dealkylation sites (N-methyl/N-ethyl adjacent to an activating group) is 1. The molecule has 2 rings (SSSR count). The van der Waals surface area contributed by atoms with Crippen molar-refractivity contribution in [2.75, 3.05) is 7.05 Å². The number of aromatic nitrogens is 2. The second-order valence-electron chi connectivity index (χ2n) is 4.23. The topological polar surface area (TPSA) is 72.9 Å². The van der Waals surface area contributed by atoms with Gasteiger partial charge < -0.3 is 11.1 Å². The normalized spacial score (nSPS) is 29.5. The predicted octanol–water partition coefficient (Wildman–Crippen LogP) is 0.656. The third-order valence-electron chi connectivity index (χ3n) is 3.38. The quantitative estimate of drug-likeness (QED) is 0.798. The van der Waals surface area contributed by atoms with E-state index < -0.39 is 5.54 Å². The van der Waals surface area contributed by atoms with Crippen molar-refractivity contribution in [3.8, 4) is 0 Å². The van der Waals surface area contributed by atoms with Crippen molar-refractivity contribution < 1.29 is 4.79 Å². The summed E-state index contributed by atoms with van der Waals surface area (Å²) in [5.74, 6) is -0.264. The SMILES string of the molecule is CNC1(C(N)=O)CCC(n2cc(I)cn2)C1. The molecule has 0 bridgehead atoms. The highest BCUT2D eigenvalue weighted by Gasteiger charge is 2.43. The molecule has 6 heteroatoms. The number of carbonyl (C=O) groups is 1. The van der Waals surface area contributed by atoms with Crippen LogP contribution in [0.1, 0.15) is 25.3 Å². The van der Waals surface area contributed by atoms with Gasteiger partial charge >= 0.3 is 0 Å². The van der Waals surface area contributed by atoms with E-state index in [9.17, 15) is 4.79 Å². The molecule has 0 saturated heterocycles. The Labute approximate surface area is 108 Å². The number of hydrogen-bond acceptors (Lipinski definition) is 3. The Morgan fingerprint density at radius 1 is 1.81 bits per heavy atom. The molecule has 0 aliphatic heterocycles. The van der Waals surface area contributed by atoms with Gasteiger partial charge in [0, 0.05) is 6.20 Å². The smallest absolute Gasteiger partial charge is 0.237 e. The molecule has 1 amide bonds. The lowest BCUT2D eigenvalue weighted by Crippen LogP contribution is -2.52. The number of amides is 1. The largest absolute Gasteiger partial charge is 0.368 e. The van der Waals surface area contributed by atoms with Crippen molar-refractivity contribution in [1.29, 1.82) is 0 Å². The number of halogens is 1. The highest BCUT2D eigenvalue weighted by Crippen LogP contribution is 2.37. The minimum Gasteiger partial charge on any atom is -0.368 e. The fraction of sp³-hybridized carbons (Fsp3) is 0.600. The second-order valence-corrected chi connectivity index (χ2v) is 5.48. The van der Waals surface area contributed by atoms with Crippen LogP contribution in [-0.2, 0) is 4.79 Å². The van der Waals surface area contributed by atoms with E-state index >= 15 is 0 Å². The Hall–Kier alpha value is -0.630. The summed E-state index contributed by atoms with van der Waals surface area (Å²) in [6, 6.07) is 0.267. The molecule has 5 nitrogen and oxygen atoms in total. The van der Waals surface area contributed by atoms with Crippen LogP contribution in [0.4, 0.5) is 0 Å².